The molecule has 2 heterocycles. The molecule has 0 saturated heterocycles. The predicted octanol–water partition coefficient (Wildman–Crippen LogP) is 1.68. The largest absolute Gasteiger partial charge is 0.303 e. The zero-order valence-electron chi connectivity index (χ0n) is 11.3. The lowest BCUT2D eigenvalue weighted by Gasteiger charge is -2.12. The molecule has 1 aliphatic rings. The van der Waals surface area contributed by atoms with Gasteiger partial charge in [0.1, 0.15) is 5.82 Å². The summed E-state index contributed by atoms with van der Waals surface area (Å²) in [6.45, 7) is 0.207. The molecule has 1 N–H and O–H groups in total. The van der Waals surface area contributed by atoms with Crippen LogP contribution in [0.4, 0.5) is 4.39 Å². The smallest absolute Gasteiger partial charge is 0.264 e. The Morgan fingerprint density at radius 3 is 3.05 bits per heavy atom. The fourth-order valence-corrected chi connectivity index (χ4v) is 2.16. The summed E-state index contributed by atoms with van der Waals surface area (Å²) in [6.07, 6.45) is 6.14. The maximum Gasteiger partial charge on any atom is 0.264 e. The third-order valence-electron chi connectivity index (χ3n) is 3.10. The minimum atomic E-state index is -0.882. The first-order chi connectivity index (χ1) is 10.6. The number of amides is 1. The monoisotopic (exact) mass is 319 g/mol. The highest BCUT2D eigenvalue weighted by atomic mass is 35.5. The van der Waals surface area contributed by atoms with E-state index in [4.69, 9.17) is 11.6 Å². The van der Waals surface area contributed by atoms with Gasteiger partial charge in [-0.05, 0) is 17.7 Å². The number of hydrogen-bond acceptors (Lipinski definition) is 4. The van der Waals surface area contributed by atoms with Gasteiger partial charge in [-0.2, -0.15) is 5.10 Å². The highest BCUT2D eigenvalue weighted by molar-refractivity contribution is 6.54. The van der Waals surface area contributed by atoms with Crippen molar-refractivity contribution in [3.05, 3.63) is 48.3 Å². The highest BCUT2D eigenvalue weighted by Crippen LogP contribution is 2.16. The Morgan fingerprint density at radius 2 is 2.32 bits per heavy atom. The molecule has 112 valence electrons. The maximum atomic E-state index is 14.1. The maximum absolute atomic E-state index is 14.1. The topological polar surface area (TPSA) is 71.6 Å². The number of benzene rings is 1. The van der Waals surface area contributed by atoms with E-state index in [1.165, 1.54) is 18.6 Å². The summed E-state index contributed by atoms with van der Waals surface area (Å²) in [7, 11) is 0. The Bertz CT molecular complexity index is 757. The van der Waals surface area contributed by atoms with Crippen molar-refractivity contribution in [2.45, 2.75) is 11.9 Å². The van der Waals surface area contributed by atoms with E-state index >= 15 is 0 Å². The van der Waals surface area contributed by atoms with Gasteiger partial charge in [-0.25, -0.2) is 14.8 Å². The Hall–Kier alpha value is -2.54. The van der Waals surface area contributed by atoms with E-state index in [9.17, 15) is 9.18 Å². The van der Waals surface area contributed by atoms with Gasteiger partial charge in [0.05, 0.1) is 30.5 Å². The molecular weight excluding hydrogens is 309 g/mol. The first-order valence-corrected chi connectivity index (χ1v) is 6.87. The number of nitrogens with zero attached hydrogens (tertiary/aromatic N) is 4. The third kappa shape index (κ3) is 2.89. The average Bonchev–Trinajstić information content (AvgIpc) is 3.03. The Kier molecular flexibility index (Phi) is 3.97. The molecule has 0 aliphatic carbocycles. The summed E-state index contributed by atoms with van der Waals surface area (Å²) in [6, 6.07) is 4.79. The molecule has 1 aromatic carbocycles. The average molecular weight is 320 g/mol. The molecule has 1 amide bonds. The van der Waals surface area contributed by atoms with Gasteiger partial charge in [-0.15, -0.1) is 11.6 Å². The van der Waals surface area contributed by atoms with E-state index < -0.39 is 11.3 Å². The molecule has 1 aromatic heterocycles. The summed E-state index contributed by atoms with van der Waals surface area (Å²) in [4.78, 5) is 19.4. The number of carbonyl (C=O) groups is 1. The van der Waals surface area contributed by atoms with E-state index in [2.05, 4.69) is 20.5 Å². The van der Waals surface area contributed by atoms with Crippen molar-refractivity contribution in [2.24, 2.45) is 10.1 Å². The fraction of sp³-hybridized carbons (Fsp3) is 0.143. The van der Waals surface area contributed by atoms with Crippen LogP contribution < -0.4 is 5.43 Å². The number of hydrogen-bond donors (Lipinski definition) is 1. The van der Waals surface area contributed by atoms with E-state index in [1.807, 2.05) is 0 Å². The van der Waals surface area contributed by atoms with E-state index in [0.29, 0.717) is 17.0 Å². The second-order valence-corrected chi connectivity index (χ2v) is 5.03. The minimum absolute atomic E-state index is 0.207. The van der Waals surface area contributed by atoms with Crippen molar-refractivity contribution in [3.8, 4) is 5.69 Å². The number of alkyl halides is 1. The van der Waals surface area contributed by atoms with Crippen LogP contribution in [-0.4, -0.2) is 32.8 Å². The van der Waals surface area contributed by atoms with Crippen molar-refractivity contribution in [1.82, 2.24) is 15.0 Å². The molecule has 8 heteroatoms. The van der Waals surface area contributed by atoms with E-state index in [-0.39, 0.29) is 12.4 Å². The summed E-state index contributed by atoms with van der Waals surface area (Å²) >= 11 is 5.90. The fourth-order valence-electron chi connectivity index (χ4n) is 1.98. The molecule has 3 rings (SSSR count). The SMILES string of the molecule is O=C1NN=CC(=NCc2ccc(-n3ccnc3)c(F)c2)C1Cl. The molecule has 2 aromatic rings. The van der Waals surface area contributed by atoms with Gasteiger partial charge in [-0.3, -0.25) is 9.79 Å². The van der Waals surface area contributed by atoms with Gasteiger partial charge in [0.15, 0.2) is 5.38 Å². The number of rotatable bonds is 3. The van der Waals surface area contributed by atoms with Crippen molar-refractivity contribution >= 4 is 29.4 Å². The summed E-state index contributed by atoms with van der Waals surface area (Å²) in [5, 5.41) is 2.76. The lowest BCUT2D eigenvalue weighted by atomic mass is 10.2. The second-order valence-electron chi connectivity index (χ2n) is 4.59. The molecule has 0 saturated carbocycles. The summed E-state index contributed by atoms with van der Waals surface area (Å²) < 4.78 is 15.7. The number of nitrogens with one attached hydrogen (secondary N) is 1. The van der Waals surface area contributed by atoms with Crippen LogP contribution in [0.15, 0.2) is 47.0 Å². The minimum Gasteiger partial charge on any atom is -0.303 e. The lowest BCUT2D eigenvalue weighted by Crippen LogP contribution is -2.39. The number of halogens is 2. The van der Waals surface area contributed by atoms with Crippen LogP contribution in [-0.2, 0) is 11.3 Å². The van der Waals surface area contributed by atoms with Crippen LogP contribution in [0.5, 0.6) is 0 Å². The molecule has 0 fully saturated rings. The lowest BCUT2D eigenvalue weighted by molar-refractivity contribution is -0.119. The molecule has 22 heavy (non-hydrogen) atoms. The Morgan fingerprint density at radius 1 is 1.45 bits per heavy atom. The van der Waals surface area contributed by atoms with Crippen LogP contribution in [0.25, 0.3) is 5.69 Å². The first kappa shape index (κ1) is 14.4. The van der Waals surface area contributed by atoms with Crippen molar-refractivity contribution < 1.29 is 9.18 Å². The van der Waals surface area contributed by atoms with Crippen LogP contribution in [0.3, 0.4) is 0 Å². The van der Waals surface area contributed by atoms with Gasteiger partial charge in [-0.1, -0.05) is 6.07 Å². The van der Waals surface area contributed by atoms with Crippen molar-refractivity contribution in [3.63, 3.8) is 0 Å². The van der Waals surface area contributed by atoms with Crippen LogP contribution in [0.2, 0.25) is 0 Å². The van der Waals surface area contributed by atoms with Gasteiger partial charge >= 0.3 is 0 Å². The van der Waals surface area contributed by atoms with Crippen LogP contribution >= 0.6 is 11.6 Å². The number of imidazole rings is 1. The molecule has 1 unspecified atom stereocenters. The zero-order valence-corrected chi connectivity index (χ0v) is 12.0. The Labute approximate surface area is 130 Å². The molecular formula is C14H11ClFN5O. The molecule has 6 nitrogen and oxygen atoms in total. The van der Waals surface area contributed by atoms with Gasteiger partial charge < -0.3 is 4.57 Å². The standard InChI is InChI=1S/C14H11ClFN5O/c15-13-11(7-19-20-14(13)22)18-6-9-1-2-12(10(16)5-9)21-4-3-17-8-21/h1-5,7-8,13H,6H2,(H,20,22). The molecule has 1 atom stereocenters. The Balaban J connectivity index is 1.79. The van der Waals surface area contributed by atoms with Gasteiger partial charge in [0, 0.05) is 12.4 Å². The quantitative estimate of drug-likeness (QED) is 0.874. The van der Waals surface area contributed by atoms with Crippen molar-refractivity contribution in [1.29, 1.82) is 0 Å². The molecule has 0 spiro atoms. The third-order valence-corrected chi connectivity index (χ3v) is 3.52. The summed E-state index contributed by atoms with van der Waals surface area (Å²) in [5.41, 5.74) is 3.66. The number of aromatic nitrogens is 2. The van der Waals surface area contributed by atoms with E-state index in [0.717, 1.165) is 0 Å². The number of aliphatic imine (C=N–C) groups is 1. The first-order valence-electron chi connectivity index (χ1n) is 6.43. The van der Waals surface area contributed by atoms with Crippen LogP contribution in [0.1, 0.15) is 5.56 Å². The van der Waals surface area contributed by atoms with Crippen LogP contribution in [0, 0.1) is 5.82 Å². The molecule has 1 aliphatic heterocycles. The molecule has 0 bridgehead atoms. The number of hydrazone groups is 1. The summed E-state index contributed by atoms with van der Waals surface area (Å²) in [5.74, 6) is -0.808. The normalized spacial score (nSPS) is 19.5. The van der Waals surface area contributed by atoms with E-state index in [1.54, 1.807) is 29.1 Å². The molecule has 0 radical (unpaired) electrons. The van der Waals surface area contributed by atoms with Gasteiger partial charge in [0.2, 0.25) is 0 Å². The second kappa shape index (κ2) is 6.07. The van der Waals surface area contributed by atoms with Crippen molar-refractivity contribution in [2.75, 3.05) is 0 Å². The predicted molar refractivity (Wildman–Crippen MR) is 80.9 cm³/mol. The highest BCUT2D eigenvalue weighted by Gasteiger charge is 2.23. The van der Waals surface area contributed by atoms with Gasteiger partial charge in [0.25, 0.3) is 5.91 Å². The number of carbonyl (C=O) groups excluding carboxylic acids is 1. The zero-order chi connectivity index (χ0) is 15.5.